The Balaban J connectivity index is 1.54. The zero-order valence-electron chi connectivity index (χ0n) is 15.2. The van der Waals surface area contributed by atoms with Crippen molar-refractivity contribution in [1.29, 1.82) is 0 Å². The maximum absolute atomic E-state index is 12.9. The molecular formula is C20H30N2O3. The largest absolute Gasteiger partial charge is 0.396 e. The molecule has 0 aliphatic carbocycles. The van der Waals surface area contributed by atoms with Crippen molar-refractivity contribution in [1.82, 2.24) is 9.80 Å². The molecule has 0 spiro atoms. The molecule has 2 heterocycles. The number of carbonyl (C=O) groups excluding carboxylic acids is 1. The lowest BCUT2D eigenvalue weighted by Crippen LogP contribution is -2.53. The molecule has 1 atom stereocenters. The molecule has 2 saturated heterocycles. The summed E-state index contributed by atoms with van der Waals surface area (Å²) in [4.78, 5) is 17.1. The van der Waals surface area contributed by atoms with Gasteiger partial charge >= 0.3 is 0 Å². The van der Waals surface area contributed by atoms with E-state index < -0.39 is 0 Å². The number of nitrogens with zero attached hydrogens (tertiary/aromatic N) is 2. The summed E-state index contributed by atoms with van der Waals surface area (Å²) < 4.78 is 5.78. The summed E-state index contributed by atoms with van der Waals surface area (Å²) in [5.74, 6) is 0.111. The highest BCUT2D eigenvalue weighted by atomic mass is 16.5. The number of morpholine rings is 1. The van der Waals surface area contributed by atoms with Crippen molar-refractivity contribution in [2.24, 2.45) is 5.41 Å². The molecule has 1 aromatic carbocycles. The Morgan fingerprint density at radius 3 is 2.60 bits per heavy atom. The molecule has 0 saturated carbocycles. The van der Waals surface area contributed by atoms with E-state index in [9.17, 15) is 9.90 Å². The maximum atomic E-state index is 12.9. The summed E-state index contributed by atoms with van der Waals surface area (Å²) in [6.45, 7) is 6.78. The predicted octanol–water partition coefficient (Wildman–Crippen LogP) is 1.90. The van der Waals surface area contributed by atoms with Gasteiger partial charge in [-0.05, 0) is 30.2 Å². The molecule has 1 amide bonds. The van der Waals surface area contributed by atoms with E-state index in [1.165, 1.54) is 5.56 Å². The average molecular weight is 346 g/mol. The van der Waals surface area contributed by atoms with Crippen LogP contribution in [0, 0.1) is 5.41 Å². The van der Waals surface area contributed by atoms with Gasteiger partial charge in [0.2, 0.25) is 0 Å². The normalized spacial score (nSPS) is 24.2. The summed E-state index contributed by atoms with van der Waals surface area (Å²) >= 11 is 0. The molecule has 2 fully saturated rings. The van der Waals surface area contributed by atoms with Crippen LogP contribution in [0.25, 0.3) is 0 Å². The van der Waals surface area contributed by atoms with Crippen molar-refractivity contribution in [3.8, 4) is 0 Å². The molecule has 0 bridgehead atoms. The van der Waals surface area contributed by atoms with Crippen molar-refractivity contribution >= 4 is 5.91 Å². The molecular weight excluding hydrogens is 316 g/mol. The van der Waals surface area contributed by atoms with E-state index in [1.807, 2.05) is 23.1 Å². The average Bonchev–Trinajstić information content (AvgIpc) is 2.68. The van der Waals surface area contributed by atoms with Crippen LogP contribution in [0.15, 0.2) is 30.3 Å². The van der Waals surface area contributed by atoms with Crippen molar-refractivity contribution in [3.63, 3.8) is 0 Å². The summed E-state index contributed by atoms with van der Waals surface area (Å²) in [7, 11) is 0. The summed E-state index contributed by atoms with van der Waals surface area (Å²) in [6, 6.07) is 10.4. The second kappa shape index (κ2) is 8.30. The minimum absolute atomic E-state index is 0.00352. The number of hydrogen-bond donors (Lipinski definition) is 1. The van der Waals surface area contributed by atoms with Gasteiger partial charge in [-0.25, -0.2) is 0 Å². The lowest BCUT2D eigenvalue weighted by atomic mass is 9.77. The van der Waals surface area contributed by atoms with Gasteiger partial charge in [0.1, 0.15) is 6.10 Å². The Morgan fingerprint density at radius 2 is 1.96 bits per heavy atom. The first-order valence-corrected chi connectivity index (χ1v) is 9.43. The van der Waals surface area contributed by atoms with Gasteiger partial charge < -0.3 is 14.7 Å². The number of ether oxygens (including phenoxy) is 1. The van der Waals surface area contributed by atoms with Crippen LogP contribution in [0.5, 0.6) is 0 Å². The highest BCUT2D eigenvalue weighted by molar-refractivity contribution is 5.81. The van der Waals surface area contributed by atoms with Crippen molar-refractivity contribution < 1.29 is 14.6 Å². The number of likely N-dealkylation sites (tertiary alicyclic amines) is 1. The number of amides is 1. The lowest BCUT2D eigenvalue weighted by molar-refractivity contribution is -0.152. The predicted molar refractivity (Wildman–Crippen MR) is 97.1 cm³/mol. The molecule has 2 aliphatic heterocycles. The SMILES string of the molecule is CCC1(CO)CCN(C(=O)C2CN(Cc3ccccc3)CCO2)CC1. The molecule has 3 rings (SSSR count). The minimum Gasteiger partial charge on any atom is -0.396 e. The van der Waals surface area contributed by atoms with E-state index in [2.05, 4.69) is 24.0 Å². The van der Waals surface area contributed by atoms with Crippen LogP contribution >= 0.6 is 0 Å². The van der Waals surface area contributed by atoms with E-state index in [0.717, 1.165) is 45.4 Å². The second-order valence-corrected chi connectivity index (χ2v) is 7.42. The summed E-state index contributed by atoms with van der Waals surface area (Å²) in [5, 5.41) is 9.66. The van der Waals surface area contributed by atoms with Crippen molar-refractivity contribution in [2.45, 2.75) is 38.8 Å². The number of hydrogen-bond acceptors (Lipinski definition) is 4. The van der Waals surface area contributed by atoms with Gasteiger partial charge in [-0.2, -0.15) is 0 Å². The zero-order valence-corrected chi connectivity index (χ0v) is 15.2. The molecule has 1 N–H and O–H groups in total. The van der Waals surface area contributed by atoms with Gasteiger partial charge in [-0.1, -0.05) is 37.3 Å². The minimum atomic E-state index is -0.360. The number of aliphatic hydroxyl groups is 1. The molecule has 2 aliphatic rings. The van der Waals surface area contributed by atoms with E-state index >= 15 is 0 Å². The summed E-state index contributed by atoms with van der Waals surface area (Å²) in [5.41, 5.74) is 1.27. The molecule has 1 unspecified atom stereocenters. The highest BCUT2D eigenvalue weighted by Gasteiger charge is 2.37. The molecule has 5 heteroatoms. The molecule has 25 heavy (non-hydrogen) atoms. The standard InChI is InChI=1S/C20H30N2O3/c1-2-20(16-23)8-10-22(11-9-20)19(24)18-15-21(12-13-25-18)14-17-6-4-3-5-7-17/h3-7,18,23H,2,8-16H2,1H3. The first-order chi connectivity index (χ1) is 12.2. The van der Waals surface area contributed by atoms with E-state index in [-0.39, 0.29) is 24.0 Å². The number of aliphatic hydroxyl groups excluding tert-OH is 1. The monoisotopic (exact) mass is 346 g/mol. The van der Waals surface area contributed by atoms with Gasteiger partial charge in [0, 0.05) is 39.3 Å². The number of carbonyl (C=O) groups is 1. The topological polar surface area (TPSA) is 53.0 Å². The van der Waals surface area contributed by atoms with Gasteiger partial charge in [0.15, 0.2) is 0 Å². The number of rotatable bonds is 5. The van der Waals surface area contributed by atoms with Crippen LogP contribution in [-0.4, -0.2) is 66.3 Å². The molecule has 0 aromatic heterocycles. The fourth-order valence-electron chi connectivity index (χ4n) is 3.87. The van der Waals surface area contributed by atoms with E-state index in [1.54, 1.807) is 0 Å². The van der Waals surface area contributed by atoms with Crippen LogP contribution in [0.1, 0.15) is 31.7 Å². The van der Waals surface area contributed by atoms with E-state index in [4.69, 9.17) is 4.74 Å². The number of piperidine rings is 1. The molecule has 5 nitrogen and oxygen atoms in total. The fourth-order valence-corrected chi connectivity index (χ4v) is 3.87. The van der Waals surface area contributed by atoms with Gasteiger partial charge in [-0.3, -0.25) is 9.69 Å². The first kappa shape index (κ1) is 18.4. The van der Waals surface area contributed by atoms with Gasteiger partial charge in [-0.15, -0.1) is 0 Å². The highest BCUT2D eigenvalue weighted by Crippen LogP contribution is 2.34. The molecule has 1 aromatic rings. The van der Waals surface area contributed by atoms with Crippen LogP contribution in [0.2, 0.25) is 0 Å². The molecule has 138 valence electrons. The third kappa shape index (κ3) is 4.40. The Bertz CT molecular complexity index is 549. The third-order valence-corrected chi connectivity index (χ3v) is 5.90. The van der Waals surface area contributed by atoms with Crippen molar-refractivity contribution in [3.05, 3.63) is 35.9 Å². The lowest BCUT2D eigenvalue weighted by Gasteiger charge is -2.42. The van der Waals surface area contributed by atoms with Gasteiger partial charge in [0.25, 0.3) is 5.91 Å². The number of benzene rings is 1. The first-order valence-electron chi connectivity index (χ1n) is 9.43. The smallest absolute Gasteiger partial charge is 0.253 e. The Morgan fingerprint density at radius 1 is 1.24 bits per heavy atom. The van der Waals surface area contributed by atoms with Crippen LogP contribution in [0.3, 0.4) is 0 Å². The zero-order chi connectivity index (χ0) is 17.7. The summed E-state index contributed by atoms with van der Waals surface area (Å²) in [6.07, 6.45) is 2.37. The maximum Gasteiger partial charge on any atom is 0.253 e. The fraction of sp³-hybridized carbons (Fsp3) is 0.650. The van der Waals surface area contributed by atoms with Crippen LogP contribution < -0.4 is 0 Å². The van der Waals surface area contributed by atoms with Crippen LogP contribution in [0.4, 0.5) is 0 Å². The van der Waals surface area contributed by atoms with Crippen LogP contribution in [-0.2, 0) is 16.1 Å². The Kier molecular flexibility index (Phi) is 6.10. The Hall–Kier alpha value is -1.43. The quantitative estimate of drug-likeness (QED) is 0.885. The van der Waals surface area contributed by atoms with Crippen molar-refractivity contribution in [2.75, 3.05) is 39.4 Å². The van der Waals surface area contributed by atoms with Gasteiger partial charge in [0.05, 0.1) is 6.61 Å². The Labute approximate surface area is 150 Å². The molecule has 0 radical (unpaired) electrons. The third-order valence-electron chi connectivity index (χ3n) is 5.90. The second-order valence-electron chi connectivity index (χ2n) is 7.42. The van der Waals surface area contributed by atoms with E-state index in [0.29, 0.717) is 13.2 Å².